The third kappa shape index (κ3) is 5.19. The molecule has 2 aliphatic heterocycles. The van der Waals surface area contributed by atoms with Gasteiger partial charge < -0.3 is 14.4 Å². The number of amides is 1. The van der Waals surface area contributed by atoms with Crippen LogP contribution in [0.3, 0.4) is 0 Å². The first-order valence-corrected chi connectivity index (χ1v) is 13.2. The Kier molecular flexibility index (Phi) is 7.22. The van der Waals surface area contributed by atoms with Gasteiger partial charge in [-0.2, -0.15) is 4.31 Å². The average molecular weight is 478 g/mol. The van der Waals surface area contributed by atoms with E-state index in [2.05, 4.69) is 4.98 Å². The van der Waals surface area contributed by atoms with Gasteiger partial charge in [0.15, 0.2) is 11.5 Å². The molecule has 0 spiro atoms. The van der Waals surface area contributed by atoms with Crippen LogP contribution in [-0.2, 0) is 21.4 Å². The zero-order valence-electron chi connectivity index (χ0n) is 18.0. The first-order valence-electron chi connectivity index (χ1n) is 10.7. The highest BCUT2D eigenvalue weighted by atomic mass is 32.2. The molecule has 2 aliphatic rings. The third-order valence-corrected chi connectivity index (χ3v) is 8.36. The smallest absolute Gasteiger partial charge is 0.244 e. The van der Waals surface area contributed by atoms with E-state index >= 15 is 0 Å². The van der Waals surface area contributed by atoms with E-state index in [-0.39, 0.29) is 23.3 Å². The first-order chi connectivity index (χ1) is 15.5. The molecule has 1 fully saturated rings. The van der Waals surface area contributed by atoms with Gasteiger partial charge in [0.05, 0.1) is 10.8 Å². The van der Waals surface area contributed by atoms with Crippen molar-refractivity contribution in [3.05, 3.63) is 42.1 Å². The number of hydrogen-bond acceptors (Lipinski definition) is 7. The van der Waals surface area contributed by atoms with E-state index in [1.165, 1.54) is 22.3 Å². The van der Waals surface area contributed by atoms with Gasteiger partial charge in [-0.15, -0.1) is 0 Å². The summed E-state index contributed by atoms with van der Waals surface area (Å²) in [5, 5.41) is 0.620. The van der Waals surface area contributed by atoms with Crippen molar-refractivity contribution < 1.29 is 22.7 Å². The summed E-state index contributed by atoms with van der Waals surface area (Å²) in [4.78, 5) is 19.0. The van der Waals surface area contributed by atoms with Crippen molar-refractivity contribution in [3.8, 4) is 11.5 Å². The molecule has 0 radical (unpaired) electrons. The minimum Gasteiger partial charge on any atom is -0.454 e. The van der Waals surface area contributed by atoms with Crippen LogP contribution in [0.15, 0.2) is 46.5 Å². The number of thioether (sulfide) groups is 1. The maximum absolute atomic E-state index is 12.7. The van der Waals surface area contributed by atoms with Gasteiger partial charge in [0.1, 0.15) is 4.90 Å². The molecule has 0 saturated carbocycles. The Morgan fingerprint density at radius 1 is 1.12 bits per heavy atom. The molecule has 4 rings (SSSR count). The quantitative estimate of drug-likeness (QED) is 0.540. The SMILES string of the molecule is CCN(Cc1ccc2c(c1)OCO2)C(=O)CSc1ccc(S(=O)(=O)N2CCCCC2)cn1. The Morgan fingerprint density at radius 3 is 2.62 bits per heavy atom. The fraction of sp³-hybridized carbons (Fsp3) is 0.455. The number of hydrogen-bond donors (Lipinski definition) is 0. The molecule has 10 heteroatoms. The fourth-order valence-electron chi connectivity index (χ4n) is 3.72. The van der Waals surface area contributed by atoms with Crippen molar-refractivity contribution in [2.45, 2.75) is 42.7 Å². The summed E-state index contributed by atoms with van der Waals surface area (Å²) in [5.41, 5.74) is 0.972. The summed E-state index contributed by atoms with van der Waals surface area (Å²) in [6.07, 6.45) is 4.24. The molecular formula is C22H27N3O5S2. The zero-order chi connectivity index (χ0) is 22.6. The molecule has 1 aromatic heterocycles. The van der Waals surface area contributed by atoms with E-state index in [9.17, 15) is 13.2 Å². The molecule has 1 amide bonds. The lowest BCUT2D eigenvalue weighted by molar-refractivity contribution is -0.128. The minimum atomic E-state index is -3.50. The van der Waals surface area contributed by atoms with E-state index in [0.717, 1.165) is 30.6 Å². The summed E-state index contributed by atoms with van der Waals surface area (Å²) in [6.45, 7) is 4.33. The van der Waals surface area contributed by atoms with Crippen molar-refractivity contribution in [2.24, 2.45) is 0 Å². The monoisotopic (exact) mass is 477 g/mol. The summed E-state index contributed by atoms with van der Waals surface area (Å²) in [7, 11) is -3.50. The van der Waals surface area contributed by atoms with Gasteiger partial charge in [0, 0.05) is 32.4 Å². The highest BCUT2D eigenvalue weighted by Gasteiger charge is 2.26. The molecule has 0 N–H and O–H groups in total. The maximum Gasteiger partial charge on any atom is 0.244 e. The average Bonchev–Trinajstić information content (AvgIpc) is 3.30. The highest BCUT2D eigenvalue weighted by Crippen LogP contribution is 2.33. The van der Waals surface area contributed by atoms with Crippen molar-refractivity contribution in [1.82, 2.24) is 14.2 Å². The van der Waals surface area contributed by atoms with Crippen LogP contribution in [0.1, 0.15) is 31.7 Å². The molecule has 0 unspecified atom stereocenters. The van der Waals surface area contributed by atoms with Crippen LogP contribution in [0.25, 0.3) is 0 Å². The van der Waals surface area contributed by atoms with E-state index in [4.69, 9.17) is 9.47 Å². The van der Waals surface area contributed by atoms with Crippen LogP contribution < -0.4 is 9.47 Å². The Labute approximate surface area is 193 Å². The molecule has 0 bridgehead atoms. The second kappa shape index (κ2) is 10.1. The lowest BCUT2D eigenvalue weighted by atomic mass is 10.2. The van der Waals surface area contributed by atoms with Crippen molar-refractivity contribution in [2.75, 3.05) is 32.2 Å². The predicted octanol–water partition coefficient (Wildman–Crippen LogP) is 3.13. The van der Waals surface area contributed by atoms with Crippen LogP contribution >= 0.6 is 11.8 Å². The van der Waals surface area contributed by atoms with Crippen LogP contribution in [0.5, 0.6) is 11.5 Å². The van der Waals surface area contributed by atoms with Gasteiger partial charge in [0.25, 0.3) is 0 Å². The van der Waals surface area contributed by atoms with Crippen LogP contribution in [-0.4, -0.2) is 60.7 Å². The summed E-state index contributed by atoms with van der Waals surface area (Å²) < 4.78 is 37.7. The van der Waals surface area contributed by atoms with Crippen LogP contribution in [0.4, 0.5) is 0 Å². The largest absolute Gasteiger partial charge is 0.454 e. The number of pyridine rings is 1. The van der Waals surface area contributed by atoms with Crippen molar-refractivity contribution >= 4 is 27.7 Å². The molecule has 0 aliphatic carbocycles. The van der Waals surface area contributed by atoms with Crippen LogP contribution in [0, 0.1) is 0 Å². The minimum absolute atomic E-state index is 0.0121. The molecular weight excluding hydrogens is 450 g/mol. The molecule has 172 valence electrons. The topological polar surface area (TPSA) is 89.0 Å². The Hall–Kier alpha value is -2.30. The lowest BCUT2D eigenvalue weighted by Crippen LogP contribution is -2.35. The third-order valence-electron chi connectivity index (χ3n) is 5.55. The fourth-order valence-corrected chi connectivity index (χ4v) is 5.93. The summed E-state index contributed by atoms with van der Waals surface area (Å²) in [5.74, 6) is 1.63. The molecule has 32 heavy (non-hydrogen) atoms. The summed E-state index contributed by atoms with van der Waals surface area (Å²) >= 11 is 1.30. The van der Waals surface area contributed by atoms with Gasteiger partial charge in [-0.1, -0.05) is 24.2 Å². The Bertz CT molecular complexity index is 1050. The van der Waals surface area contributed by atoms with Gasteiger partial charge in [-0.25, -0.2) is 13.4 Å². The number of nitrogens with zero attached hydrogens (tertiary/aromatic N) is 3. The summed E-state index contributed by atoms with van der Waals surface area (Å²) in [6, 6.07) is 8.93. The maximum atomic E-state index is 12.7. The number of aromatic nitrogens is 1. The number of fused-ring (bicyclic) bond motifs is 1. The number of carbonyl (C=O) groups excluding carboxylic acids is 1. The molecule has 8 nitrogen and oxygen atoms in total. The predicted molar refractivity (Wildman–Crippen MR) is 121 cm³/mol. The van der Waals surface area contributed by atoms with E-state index < -0.39 is 10.0 Å². The second-order valence-corrected chi connectivity index (χ2v) is 10.6. The lowest BCUT2D eigenvalue weighted by Gasteiger charge is -2.25. The molecule has 2 aromatic rings. The zero-order valence-corrected chi connectivity index (χ0v) is 19.7. The van der Waals surface area contributed by atoms with Crippen molar-refractivity contribution in [3.63, 3.8) is 0 Å². The number of rotatable bonds is 8. The van der Waals surface area contributed by atoms with Crippen molar-refractivity contribution in [1.29, 1.82) is 0 Å². The molecule has 1 aromatic carbocycles. The number of piperidine rings is 1. The van der Waals surface area contributed by atoms with Gasteiger partial charge >= 0.3 is 0 Å². The van der Waals surface area contributed by atoms with Gasteiger partial charge in [-0.05, 0) is 49.6 Å². The van der Waals surface area contributed by atoms with Gasteiger partial charge in [-0.3, -0.25) is 4.79 Å². The molecule has 1 saturated heterocycles. The number of sulfonamides is 1. The number of carbonyl (C=O) groups is 1. The van der Waals surface area contributed by atoms with E-state index in [1.54, 1.807) is 17.0 Å². The Balaban J connectivity index is 1.33. The van der Waals surface area contributed by atoms with Gasteiger partial charge in [0.2, 0.25) is 22.7 Å². The highest BCUT2D eigenvalue weighted by molar-refractivity contribution is 7.99. The number of benzene rings is 1. The standard InChI is InChI=1S/C22H27N3O5S2/c1-2-24(14-17-6-8-19-20(12-17)30-16-29-19)22(26)15-31-21-9-7-18(13-23-21)32(27,28)25-10-4-3-5-11-25/h6-9,12-13H,2-5,10-11,14-16H2,1H3. The van der Waals surface area contributed by atoms with E-state index in [0.29, 0.717) is 37.0 Å². The van der Waals surface area contributed by atoms with E-state index in [1.807, 2.05) is 25.1 Å². The normalized spacial score (nSPS) is 16.2. The van der Waals surface area contributed by atoms with Crippen LogP contribution in [0.2, 0.25) is 0 Å². The molecule has 3 heterocycles. The molecule has 0 atom stereocenters. The second-order valence-electron chi connectivity index (χ2n) is 7.68. The number of ether oxygens (including phenoxy) is 2. The Morgan fingerprint density at radius 2 is 1.91 bits per heavy atom. The first kappa shape index (κ1) is 22.9.